The Bertz CT molecular complexity index is 208. The lowest BCUT2D eigenvalue weighted by molar-refractivity contribution is -0.137. The maximum Gasteiger partial charge on any atom is 0.330 e. The first kappa shape index (κ1) is 12.2. The molecular formula is C12H21NO2. The Balaban J connectivity index is 1.97. The lowest BCUT2D eigenvalue weighted by Crippen LogP contribution is -2.21. The van der Waals surface area contributed by atoms with Crippen molar-refractivity contribution in [3.8, 4) is 0 Å². The highest BCUT2D eigenvalue weighted by atomic mass is 16.5. The molecule has 0 heterocycles. The van der Waals surface area contributed by atoms with E-state index in [0.717, 1.165) is 19.0 Å². The first-order valence-corrected chi connectivity index (χ1v) is 5.87. The third-order valence-electron chi connectivity index (χ3n) is 2.71. The summed E-state index contributed by atoms with van der Waals surface area (Å²) in [6, 6.07) is 0. The SMILES string of the molecule is CCOC(=O)/C=C/CNCC1CCCC1. The molecule has 1 N–H and O–H groups in total. The number of hydrogen-bond donors (Lipinski definition) is 1. The summed E-state index contributed by atoms with van der Waals surface area (Å²) >= 11 is 0. The molecule has 0 atom stereocenters. The van der Waals surface area contributed by atoms with Gasteiger partial charge in [0.25, 0.3) is 0 Å². The van der Waals surface area contributed by atoms with Gasteiger partial charge in [-0.05, 0) is 32.2 Å². The number of carbonyl (C=O) groups is 1. The van der Waals surface area contributed by atoms with Crippen LogP contribution in [0.5, 0.6) is 0 Å². The van der Waals surface area contributed by atoms with Gasteiger partial charge in [0, 0.05) is 12.6 Å². The maximum absolute atomic E-state index is 10.9. The molecule has 15 heavy (non-hydrogen) atoms. The summed E-state index contributed by atoms with van der Waals surface area (Å²) in [5, 5.41) is 3.33. The zero-order valence-electron chi connectivity index (χ0n) is 9.50. The summed E-state index contributed by atoms with van der Waals surface area (Å²) in [6.07, 6.45) is 8.79. The highest BCUT2D eigenvalue weighted by molar-refractivity contribution is 5.81. The van der Waals surface area contributed by atoms with Gasteiger partial charge in [-0.25, -0.2) is 4.79 Å². The molecule has 0 bridgehead atoms. The average molecular weight is 211 g/mol. The van der Waals surface area contributed by atoms with E-state index >= 15 is 0 Å². The van der Waals surface area contributed by atoms with E-state index in [4.69, 9.17) is 4.74 Å². The van der Waals surface area contributed by atoms with Gasteiger partial charge < -0.3 is 10.1 Å². The molecule has 0 spiro atoms. The minimum Gasteiger partial charge on any atom is -0.463 e. The van der Waals surface area contributed by atoms with Gasteiger partial charge in [0.15, 0.2) is 0 Å². The molecule has 0 aliphatic heterocycles. The number of ether oxygens (including phenoxy) is 1. The summed E-state index contributed by atoms with van der Waals surface area (Å²) in [6.45, 7) is 4.09. The van der Waals surface area contributed by atoms with E-state index in [1.165, 1.54) is 31.8 Å². The molecule has 1 aliphatic rings. The van der Waals surface area contributed by atoms with Crippen LogP contribution in [0.2, 0.25) is 0 Å². The molecule has 3 heteroatoms. The first-order valence-electron chi connectivity index (χ1n) is 5.87. The molecular weight excluding hydrogens is 190 g/mol. The fraction of sp³-hybridized carbons (Fsp3) is 0.750. The highest BCUT2D eigenvalue weighted by Crippen LogP contribution is 2.23. The molecule has 0 aromatic rings. The third-order valence-corrected chi connectivity index (χ3v) is 2.71. The molecule has 86 valence electrons. The molecule has 0 aromatic carbocycles. The van der Waals surface area contributed by atoms with Gasteiger partial charge in [0.05, 0.1) is 6.61 Å². The quantitative estimate of drug-likeness (QED) is 0.414. The summed E-state index contributed by atoms with van der Waals surface area (Å²) in [5.41, 5.74) is 0. The molecule has 0 amide bonds. The fourth-order valence-corrected chi connectivity index (χ4v) is 1.93. The van der Waals surface area contributed by atoms with Crippen LogP contribution < -0.4 is 5.32 Å². The van der Waals surface area contributed by atoms with E-state index in [9.17, 15) is 4.79 Å². The lowest BCUT2D eigenvalue weighted by atomic mass is 10.1. The molecule has 3 nitrogen and oxygen atoms in total. The second kappa shape index (κ2) is 7.46. The van der Waals surface area contributed by atoms with Crippen molar-refractivity contribution in [2.45, 2.75) is 32.6 Å². The smallest absolute Gasteiger partial charge is 0.330 e. The van der Waals surface area contributed by atoms with Gasteiger partial charge in [-0.15, -0.1) is 0 Å². The van der Waals surface area contributed by atoms with Gasteiger partial charge in [-0.3, -0.25) is 0 Å². The van der Waals surface area contributed by atoms with Gasteiger partial charge in [-0.1, -0.05) is 18.9 Å². The lowest BCUT2D eigenvalue weighted by Gasteiger charge is -2.08. The summed E-state index contributed by atoms with van der Waals surface area (Å²) < 4.78 is 4.77. The van der Waals surface area contributed by atoms with E-state index in [1.54, 1.807) is 0 Å². The second-order valence-corrected chi connectivity index (χ2v) is 3.96. The summed E-state index contributed by atoms with van der Waals surface area (Å²) in [5.74, 6) is 0.598. The predicted octanol–water partition coefficient (Wildman–Crippen LogP) is 1.89. The van der Waals surface area contributed by atoms with E-state index in [2.05, 4.69) is 5.32 Å². The van der Waals surface area contributed by atoms with Crippen LogP contribution >= 0.6 is 0 Å². The van der Waals surface area contributed by atoms with Gasteiger partial charge in [0.1, 0.15) is 0 Å². The van der Waals surface area contributed by atoms with Crippen molar-refractivity contribution < 1.29 is 9.53 Å². The van der Waals surface area contributed by atoms with Crippen LogP contribution in [0.1, 0.15) is 32.6 Å². The van der Waals surface area contributed by atoms with E-state index in [0.29, 0.717) is 6.61 Å². The normalized spacial score (nSPS) is 17.4. The molecule has 1 fully saturated rings. The van der Waals surface area contributed by atoms with Crippen molar-refractivity contribution in [1.29, 1.82) is 0 Å². The zero-order valence-corrected chi connectivity index (χ0v) is 9.50. The topological polar surface area (TPSA) is 38.3 Å². The molecule has 0 saturated heterocycles. The maximum atomic E-state index is 10.9. The second-order valence-electron chi connectivity index (χ2n) is 3.96. The molecule has 0 unspecified atom stereocenters. The van der Waals surface area contributed by atoms with Crippen LogP contribution in [0.3, 0.4) is 0 Å². The summed E-state index contributed by atoms with van der Waals surface area (Å²) in [4.78, 5) is 10.9. The first-order chi connectivity index (χ1) is 7.33. The predicted molar refractivity (Wildman–Crippen MR) is 60.6 cm³/mol. The Kier molecular flexibility index (Phi) is 6.09. The van der Waals surface area contributed by atoms with Crippen LogP contribution in [0.15, 0.2) is 12.2 Å². The van der Waals surface area contributed by atoms with Crippen molar-refractivity contribution in [1.82, 2.24) is 5.32 Å². The number of hydrogen-bond acceptors (Lipinski definition) is 3. The Hall–Kier alpha value is -0.830. The molecule has 1 aliphatic carbocycles. The Labute approximate surface area is 91.9 Å². The van der Waals surface area contributed by atoms with Crippen molar-refractivity contribution >= 4 is 5.97 Å². The zero-order chi connectivity index (χ0) is 10.9. The Morgan fingerprint density at radius 1 is 1.47 bits per heavy atom. The highest BCUT2D eigenvalue weighted by Gasteiger charge is 2.13. The van der Waals surface area contributed by atoms with Gasteiger partial charge in [-0.2, -0.15) is 0 Å². The van der Waals surface area contributed by atoms with Crippen LogP contribution in [0.25, 0.3) is 0 Å². The molecule has 0 aromatic heterocycles. The molecule has 1 saturated carbocycles. The van der Waals surface area contributed by atoms with Crippen LogP contribution in [0, 0.1) is 5.92 Å². The minimum absolute atomic E-state index is 0.250. The number of esters is 1. The Morgan fingerprint density at radius 3 is 2.87 bits per heavy atom. The van der Waals surface area contributed by atoms with E-state index in [-0.39, 0.29) is 5.97 Å². The van der Waals surface area contributed by atoms with Crippen molar-refractivity contribution in [2.24, 2.45) is 5.92 Å². The van der Waals surface area contributed by atoms with Crippen LogP contribution in [-0.4, -0.2) is 25.7 Å². The van der Waals surface area contributed by atoms with Crippen LogP contribution in [-0.2, 0) is 9.53 Å². The van der Waals surface area contributed by atoms with Crippen molar-refractivity contribution in [3.63, 3.8) is 0 Å². The average Bonchev–Trinajstić information content (AvgIpc) is 2.70. The fourth-order valence-electron chi connectivity index (χ4n) is 1.93. The number of carbonyl (C=O) groups excluding carboxylic acids is 1. The molecule has 1 rings (SSSR count). The van der Waals surface area contributed by atoms with Gasteiger partial charge >= 0.3 is 5.97 Å². The number of rotatable bonds is 6. The van der Waals surface area contributed by atoms with Crippen molar-refractivity contribution in [2.75, 3.05) is 19.7 Å². The third kappa shape index (κ3) is 5.57. The molecule has 0 radical (unpaired) electrons. The minimum atomic E-state index is -0.250. The van der Waals surface area contributed by atoms with E-state index in [1.807, 2.05) is 13.0 Å². The monoisotopic (exact) mass is 211 g/mol. The standard InChI is InChI=1S/C12H21NO2/c1-2-15-12(14)8-5-9-13-10-11-6-3-4-7-11/h5,8,11,13H,2-4,6-7,9-10H2,1H3/b8-5+. The van der Waals surface area contributed by atoms with Crippen molar-refractivity contribution in [3.05, 3.63) is 12.2 Å². The van der Waals surface area contributed by atoms with Gasteiger partial charge in [0.2, 0.25) is 0 Å². The number of nitrogens with one attached hydrogen (secondary N) is 1. The van der Waals surface area contributed by atoms with E-state index < -0.39 is 0 Å². The Morgan fingerprint density at radius 2 is 2.20 bits per heavy atom. The summed E-state index contributed by atoms with van der Waals surface area (Å²) in [7, 11) is 0. The van der Waals surface area contributed by atoms with Crippen LogP contribution in [0.4, 0.5) is 0 Å². The largest absolute Gasteiger partial charge is 0.463 e.